The van der Waals surface area contributed by atoms with Crippen molar-refractivity contribution in [2.75, 3.05) is 13.1 Å². The number of pyridine rings is 1. The molecule has 1 atom stereocenters. The van der Waals surface area contributed by atoms with Gasteiger partial charge in [0.15, 0.2) is 0 Å². The van der Waals surface area contributed by atoms with Gasteiger partial charge in [0.1, 0.15) is 25.6 Å². The van der Waals surface area contributed by atoms with E-state index < -0.39 is 14.2 Å². The van der Waals surface area contributed by atoms with Gasteiger partial charge in [0.2, 0.25) is 0 Å². The highest BCUT2D eigenvalue weighted by Crippen LogP contribution is 2.17. The zero-order chi connectivity index (χ0) is 15.5. The molecule has 5 nitrogen and oxygen atoms in total. The Morgan fingerprint density at radius 3 is 2.76 bits per heavy atom. The second-order valence-electron chi connectivity index (χ2n) is 6.14. The fourth-order valence-electron chi connectivity index (χ4n) is 1.97. The van der Waals surface area contributed by atoms with Crippen LogP contribution in [0.25, 0.3) is 0 Å². The summed E-state index contributed by atoms with van der Waals surface area (Å²) in [6.45, 7) is 7.49. The lowest BCUT2D eigenvalue weighted by atomic mass is 10.3. The predicted octanol–water partition coefficient (Wildman–Crippen LogP) is 2.44. The Labute approximate surface area is 126 Å². The summed E-state index contributed by atoms with van der Waals surface area (Å²) in [4.78, 5) is 16.5. The minimum Gasteiger partial charge on any atom is -0.487 e. The third-order valence-corrected chi connectivity index (χ3v) is 3.90. The molecule has 1 aliphatic rings. The van der Waals surface area contributed by atoms with E-state index in [4.69, 9.17) is 9.84 Å². The van der Waals surface area contributed by atoms with Crippen molar-refractivity contribution in [2.24, 2.45) is 0 Å². The molecule has 1 amide bonds. The molecule has 0 aromatic carbocycles. The van der Waals surface area contributed by atoms with Crippen molar-refractivity contribution in [1.82, 2.24) is 9.88 Å². The summed E-state index contributed by atoms with van der Waals surface area (Å²) in [5, 5.41) is 8.90. The van der Waals surface area contributed by atoms with Crippen LogP contribution in [0.4, 0.5) is 4.79 Å². The van der Waals surface area contributed by atoms with Gasteiger partial charge in [-0.05, 0) is 12.1 Å². The molecule has 112 valence electrons. The molecule has 1 unspecified atom stereocenters. The first-order valence-electron chi connectivity index (χ1n) is 6.97. The van der Waals surface area contributed by atoms with E-state index >= 15 is 0 Å². The molecule has 0 bridgehead atoms. The van der Waals surface area contributed by atoms with Crippen molar-refractivity contribution in [3.8, 4) is 17.2 Å². The van der Waals surface area contributed by atoms with Gasteiger partial charge in [0.25, 0.3) is 0 Å². The minimum absolute atomic E-state index is 0.0955. The molecular formula is C15H20N2O3Si. The molecule has 0 radical (unpaired) electrons. The SMILES string of the molecule is C[Si](C)(C)C#Cc1ccc(OC2CCN(C(=O)O)C2)cn1. The fraction of sp³-hybridized carbons (Fsp3) is 0.467. The van der Waals surface area contributed by atoms with Gasteiger partial charge in [0.05, 0.1) is 12.7 Å². The van der Waals surface area contributed by atoms with Crippen molar-refractivity contribution in [3.63, 3.8) is 0 Å². The van der Waals surface area contributed by atoms with E-state index in [0.29, 0.717) is 25.3 Å². The maximum Gasteiger partial charge on any atom is 0.407 e. The van der Waals surface area contributed by atoms with E-state index in [1.807, 2.05) is 12.1 Å². The van der Waals surface area contributed by atoms with Crippen LogP contribution in [0.5, 0.6) is 5.75 Å². The topological polar surface area (TPSA) is 62.7 Å². The third kappa shape index (κ3) is 4.79. The summed E-state index contributed by atoms with van der Waals surface area (Å²) < 4.78 is 5.75. The summed E-state index contributed by atoms with van der Waals surface area (Å²) in [7, 11) is -1.40. The van der Waals surface area contributed by atoms with E-state index in [9.17, 15) is 4.79 Å². The van der Waals surface area contributed by atoms with Gasteiger partial charge in [0, 0.05) is 13.0 Å². The van der Waals surface area contributed by atoms with Crippen molar-refractivity contribution < 1.29 is 14.6 Å². The van der Waals surface area contributed by atoms with E-state index in [1.165, 1.54) is 4.90 Å². The molecule has 0 spiro atoms. The van der Waals surface area contributed by atoms with Crippen LogP contribution in [0.2, 0.25) is 19.6 Å². The molecule has 21 heavy (non-hydrogen) atoms. The number of ether oxygens (including phenoxy) is 1. The molecule has 1 saturated heterocycles. The van der Waals surface area contributed by atoms with Crippen molar-refractivity contribution in [1.29, 1.82) is 0 Å². The van der Waals surface area contributed by atoms with Gasteiger partial charge >= 0.3 is 6.09 Å². The first kappa shape index (κ1) is 15.4. The molecule has 2 rings (SSSR count). The summed E-state index contributed by atoms with van der Waals surface area (Å²) in [6, 6.07) is 3.68. The van der Waals surface area contributed by atoms with Crippen LogP contribution >= 0.6 is 0 Å². The lowest BCUT2D eigenvalue weighted by Crippen LogP contribution is -2.29. The second-order valence-corrected chi connectivity index (χ2v) is 10.9. The summed E-state index contributed by atoms with van der Waals surface area (Å²) in [6.07, 6.45) is 1.37. The number of nitrogens with zero attached hydrogens (tertiary/aromatic N) is 2. The largest absolute Gasteiger partial charge is 0.487 e. The standard InChI is InChI=1S/C15H20N2O3Si/c1-21(2,3)9-7-12-4-5-13(10-16-12)20-14-6-8-17(11-14)15(18)19/h4-5,10,14H,6,8,11H2,1-3H3,(H,18,19). The number of carbonyl (C=O) groups is 1. The van der Waals surface area contributed by atoms with Gasteiger partial charge < -0.3 is 14.7 Å². The average molecular weight is 304 g/mol. The highest BCUT2D eigenvalue weighted by Gasteiger charge is 2.27. The Morgan fingerprint density at radius 1 is 1.48 bits per heavy atom. The number of carboxylic acid groups (broad SMARTS) is 1. The van der Waals surface area contributed by atoms with Crippen LogP contribution in [-0.2, 0) is 0 Å². The third-order valence-electron chi connectivity index (χ3n) is 3.02. The minimum atomic E-state index is -1.40. The lowest BCUT2D eigenvalue weighted by Gasteiger charge is -2.14. The van der Waals surface area contributed by atoms with Gasteiger partial charge in [-0.1, -0.05) is 25.6 Å². The van der Waals surface area contributed by atoms with E-state index in [-0.39, 0.29) is 6.10 Å². The summed E-state index contributed by atoms with van der Waals surface area (Å²) in [5.74, 6) is 3.74. The highest BCUT2D eigenvalue weighted by atomic mass is 28.3. The average Bonchev–Trinajstić information content (AvgIpc) is 2.86. The Bertz CT molecular complexity index is 569. The molecule has 0 aliphatic carbocycles. The van der Waals surface area contributed by atoms with Crippen molar-refractivity contribution in [3.05, 3.63) is 24.0 Å². The highest BCUT2D eigenvalue weighted by molar-refractivity contribution is 6.83. The zero-order valence-corrected chi connectivity index (χ0v) is 13.6. The molecule has 2 heterocycles. The smallest absolute Gasteiger partial charge is 0.407 e. The molecule has 1 aromatic heterocycles. The first-order chi connectivity index (χ1) is 9.83. The van der Waals surface area contributed by atoms with Crippen molar-refractivity contribution in [2.45, 2.75) is 32.2 Å². The predicted molar refractivity (Wildman–Crippen MR) is 83.1 cm³/mol. The van der Waals surface area contributed by atoms with E-state index in [0.717, 1.165) is 5.69 Å². The van der Waals surface area contributed by atoms with Gasteiger partial charge in [-0.2, -0.15) is 0 Å². The van der Waals surface area contributed by atoms with Crippen LogP contribution in [0.1, 0.15) is 12.1 Å². The van der Waals surface area contributed by atoms with Crippen LogP contribution in [0.15, 0.2) is 18.3 Å². The Balaban J connectivity index is 1.94. The number of aromatic nitrogens is 1. The van der Waals surface area contributed by atoms with Crippen molar-refractivity contribution >= 4 is 14.2 Å². The van der Waals surface area contributed by atoms with Crippen LogP contribution in [-0.4, -0.2) is 48.4 Å². The quantitative estimate of drug-likeness (QED) is 0.673. The number of hydrogen-bond acceptors (Lipinski definition) is 3. The van der Waals surface area contributed by atoms with Crippen LogP contribution < -0.4 is 4.74 Å². The summed E-state index contributed by atoms with van der Waals surface area (Å²) in [5.41, 5.74) is 4.00. The Morgan fingerprint density at radius 2 is 2.24 bits per heavy atom. The molecule has 1 fully saturated rings. The molecular weight excluding hydrogens is 284 g/mol. The maximum atomic E-state index is 10.8. The van der Waals surface area contributed by atoms with E-state index in [2.05, 4.69) is 36.1 Å². The summed E-state index contributed by atoms with van der Waals surface area (Å²) >= 11 is 0. The number of rotatable bonds is 2. The van der Waals surface area contributed by atoms with Gasteiger partial charge in [-0.3, -0.25) is 0 Å². The van der Waals surface area contributed by atoms with Gasteiger partial charge in [-0.25, -0.2) is 9.78 Å². The number of amides is 1. The molecule has 1 aliphatic heterocycles. The fourth-order valence-corrected chi connectivity index (χ4v) is 2.47. The molecule has 0 saturated carbocycles. The normalized spacial score (nSPS) is 18.0. The monoisotopic (exact) mass is 304 g/mol. The number of hydrogen-bond donors (Lipinski definition) is 1. The zero-order valence-electron chi connectivity index (χ0n) is 12.6. The number of likely N-dealkylation sites (tertiary alicyclic amines) is 1. The Hall–Kier alpha value is -2.00. The Kier molecular flexibility index (Phi) is 4.53. The molecule has 1 N–H and O–H groups in total. The van der Waals surface area contributed by atoms with E-state index in [1.54, 1.807) is 6.20 Å². The molecule has 1 aromatic rings. The molecule has 6 heteroatoms. The van der Waals surface area contributed by atoms with Crippen LogP contribution in [0, 0.1) is 11.5 Å². The van der Waals surface area contributed by atoms with Crippen LogP contribution in [0.3, 0.4) is 0 Å². The van der Waals surface area contributed by atoms with Gasteiger partial charge in [-0.15, -0.1) is 5.54 Å². The first-order valence-corrected chi connectivity index (χ1v) is 10.5. The lowest BCUT2D eigenvalue weighted by molar-refractivity contribution is 0.145. The maximum absolute atomic E-state index is 10.8. The second kappa shape index (κ2) is 6.18.